The SMILES string of the molecule is Cc1ccc(OC(C)C)cc1C(=O)N(C=O)C1CCC(=O)NC1=O. The number of carbonyl (C=O) groups is 4. The van der Waals surface area contributed by atoms with Crippen molar-refractivity contribution in [3.8, 4) is 5.75 Å². The Balaban J connectivity index is 2.29. The van der Waals surface area contributed by atoms with E-state index >= 15 is 0 Å². The summed E-state index contributed by atoms with van der Waals surface area (Å²) >= 11 is 0. The molecule has 7 heteroatoms. The highest BCUT2D eigenvalue weighted by atomic mass is 16.5. The van der Waals surface area contributed by atoms with E-state index in [-0.39, 0.29) is 24.5 Å². The summed E-state index contributed by atoms with van der Waals surface area (Å²) in [7, 11) is 0. The van der Waals surface area contributed by atoms with Crippen LogP contribution in [0.5, 0.6) is 5.75 Å². The number of imide groups is 2. The summed E-state index contributed by atoms with van der Waals surface area (Å²) in [6.45, 7) is 5.46. The Kier molecular flexibility index (Phi) is 5.33. The van der Waals surface area contributed by atoms with Gasteiger partial charge in [-0.3, -0.25) is 29.4 Å². The molecule has 1 aliphatic rings. The normalized spacial score (nSPS) is 17.4. The molecule has 1 aliphatic heterocycles. The Morgan fingerprint density at radius 3 is 2.67 bits per heavy atom. The highest BCUT2D eigenvalue weighted by Crippen LogP contribution is 2.22. The molecule has 24 heavy (non-hydrogen) atoms. The molecule has 0 saturated carbocycles. The zero-order valence-corrected chi connectivity index (χ0v) is 13.9. The summed E-state index contributed by atoms with van der Waals surface area (Å²) in [5, 5.41) is 2.15. The summed E-state index contributed by atoms with van der Waals surface area (Å²) in [4.78, 5) is 48.2. The zero-order valence-electron chi connectivity index (χ0n) is 13.9. The van der Waals surface area contributed by atoms with E-state index in [2.05, 4.69) is 5.32 Å². The first-order chi connectivity index (χ1) is 11.3. The molecule has 0 radical (unpaired) electrons. The predicted octanol–water partition coefficient (Wildman–Crippen LogP) is 1.19. The average Bonchev–Trinajstić information content (AvgIpc) is 2.51. The minimum absolute atomic E-state index is 0.0621. The summed E-state index contributed by atoms with van der Waals surface area (Å²) in [6.07, 6.45) is 0.477. The minimum Gasteiger partial charge on any atom is -0.491 e. The summed E-state index contributed by atoms with van der Waals surface area (Å²) in [6, 6.07) is 4.03. The molecule has 0 aromatic heterocycles. The number of piperidine rings is 1. The van der Waals surface area contributed by atoms with Gasteiger partial charge in [0.1, 0.15) is 11.8 Å². The van der Waals surface area contributed by atoms with E-state index in [4.69, 9.17) is 4.74 Å². The second kappa shape index (κ2) is 7.25. The second-order valence-electron chi connectivity index (χ2n) is 5.93. The number of rotatable bonds is 5. The smallest absolute Gasteiger partial charge is 0.261 e. The molecule has 4 amide bonds. The van der Waals surface area contributed by atoms with Crippen LogP contribution in [0, 0.1) is 6.92 Å². The summed E-state index contributed by atoms with van der Waals surface area (Å²) in [5.41, 5.74) is 0.945. The third-order valence-corrected chi connectivity index (χ3v) is 3.71. The molecular formula is C17H20N2O5. The maximum atomic E-state index is 12.7. The highest BCUT2D eigenvalue weighted by molar-refractivity contribution is 6.07. The molecule has 0 bridgehead atoms. The Hall–Kier alpha value is -2.70. The first-order valence-electron chi connectivity index (χ1n) is 7.72. The molecule has 128 valence electrons. The molecule has 2 rings (SSSR count). The molecule has 1 saturated heterocycles. The van der Waals surface area contributed by atoms with Gasteiger partial charge in [0.2, 0.25) is 18.2 Å². The zero-order chi connectivity index (χ0) is 17.9. The fourth-order valence-electron chi connectivity index (χ4n) is 2.53. The van der Waals surface area contributed by atoms with Gasteiger partial charge in [-0.05, 0) is 44.9 Å². The van der Waals surface area contributed by atoms with Crippen LogP contribution < -0.4 is 10.1 Å². The molecule has 0 spiro atoms. The topological polar surface area (TPSA) is 92.8 Å². The van der Waals surface area contributed by atoms with E-state index in [1.54, 1.807) is 25.1 Å². The van der Waals surface area contributed by atoms with E-state index in [0.29, 0.717) is 17.7 Å². The standard InChI is InChI=1S/C17H20N2O5/c1-10(2)24-12-5-4-11(3)13(8-12)17(23)19(9-20)14-6-7-15(21)18-16(14)22/h4-5,8-10,14H,6-7H2,1-3H3,(H,18,21,22). The maximum Gasteiger partial charge on any atom is 0.261 e. The number of benzene rings is 1. The third kappa shape index (κ3) is 3.79. The Labute approximate surface area is 140 Å². The average molecular weight is 332 g/mol. The molecule has 7 nitrogen and oxygen atoms in total. The lowest BCUT2D eigenvalue weighted by Gasteiger charge is -2.28. The number of nitrogens with zero attached hydrogens (tertiary/aromatic N) is 1. The van der Waals surface area contributed by atoms with E-state index in [1.807, 2.05) is 13.8 Å². The van der Waals surface area contributed by atoms with Crippen molar-refractivity contribution in [3.05, 3.63) is 29.3 Å². The van der Waals surface area contributed by atoms with Crippen molar-refractivity contribution in [1.82, 2.24) is 10.2 Å². The number of nitrogens with one attached hydrogen (secondary N) is 1. The maximum absolute atomic E-state index is 12.7. The van der Waals surface area contributed by atoms with Gasteiger partial charge in [0.05, 0.1) is 6.10 Å². The van der Waals surface area contributed by atoms with Crippen molar-refractivity contribution in [2.24, 2.45) is 0 Å². The van der Waals surface area contributed by atoms with E-state index in [9.17, 15) is 19.2 Å². The Morgan fingerprint density at radius 2 is 2.08 bits per heavy atom. The number of carbonyl (C=O) groups excluding carboxylic acids is 4. The Bertz CT molecular complexity index is 684. The van der Waals surface area contributed by atoms with Gasteiger partial charge in [-0.25, -0.2) is 0 Å². The van der Waals surface area contributed by atoms with Crippen LogP contribution in [0.4, 0.5) is 0 Å². The first-order valence-corrected chi connectivity index (χ1v) is 7.72. The number of hydrogen-bond acceptors (Lipinski definition) is 5. The van der Waals surface area contributed by atoms with Crippen molar-refractivity contribution < 1.29 is 23.9 Å². The Morgan fingerprint density at radius 1 is 1.38 bits per heavy atom. The lowest BCUT2D eigenvalue weighted by molar-refractivity contribution is -0.139. The van der Waals surface area contributed by atoms with Crippen molar-refractivity contribution in [3.63, 3.8) is 0 Å². The van der Waals surface area contributed by atoms with Gasteiger partial charge in [0.25, 0.3) is 5.91 Å². The van der Waals surface area contributed by atoms with Crippen molar-refractivity contribution in [2.75, 3.05) is 0 Å². The monoisotopic (exact) mass is 332 g/mol. The quantitative estimate of drug-likeness (QED) is 0.646. The fraction of sp³-hybridized carbons (Fsp3) is 0.412. The van der Waals surface area contributed by atoms with Gasteiger partial charge in [-0.2, -0.15) is 0 Å². The van der Waals surface area contributed by atoms with Gasteiger partial charge in [0, 0.05) is 12.0 Å². The lowest BCUT2D eigenvalue weighted by atomic mass is 10.0. The molecule has 1 unspecified atom stereocenters. The number of ether oxygens (including phenoxy) is 1. The van der Waals surface area contributed by atoms with Gasteiger partial charge in [-0.1, -0.05) is 6.07 Å². The van der Waals surface area contributed by atoms with Crippen LogP contribution in [0.1, 0.15) is 42.6 Å². The van der Waals surface area contributed by atoms with E-state index < -0.39 is 23.8 Å². The molecule has 1 aromatic rings. The molecule has 1 atom stereocenters. The van der Waals surface area contributed by atoms with Crippen molar-refractivity contribution >= 4 is 24.1 Å². The number of amides is 4. The van der Waals surface area contributed by atoms with Crippen LogP contribution in [0.15, 0.2) is 18.2 Å². The fourth-order valence-corrected chi connectivity index (χ4v) is 2.53. The molecule has 1 N–H and O–H groups in total. The van der Waals surface area contributed by atoms with Gasteiger partial charge in [0.15, 0.2) is 0 Å². The van der Waals surface area contributed by atoms with Crippen molar-refractivity contribution in [1.29, 1.82) is 0 Å². The first kappa shape index (κ1) is 17.7. The molecule has 0 aliphatic carbocycles. The van der Waals surface area contributed by atoms with Crippen LogP contribution >= 0.6 is 0 Å². The van der Waals surface area contributed by atoms with Gasteiger partial charge in [-0.15, -0.1) is 0 Å². The van der Waals surface area contributed by atoms with Crippen LogP contribution in [0.25, 0.3) is 0 Å². The second-order valence-corrected chi connectivity index (χ2v) is 5.93. The summed E-state index contributed by atoms with van der Waals surface area (Å²) < 4.78 is 5.57. The predicted molar refractivity (Wildman–Crippen MR) is 85.3 cm³/mol. The minimum atomic E-state index is -0.984. The van der Waals surface area contributed by atoms with Crippen LogP contribution in [0.2, 0.25) is 0 Å². The number of aryl methyl sites for hydroxylation is 1. The molecular weight excluding hydrogens is 312 g/mol. The molecule has 1 fully saturated rings. The van der Waals surface area contributed by atoms with Crippen LogP contribution in [0.3, 0.4) is 0 Å². The van der Waals surface area contributed by atoms with Gasteiger partial charge >= 0.3 is 0 Å². The largest absolute Gasteiger partial charge is 0.491 e. The lowest BCUT2D eigenvalue weighted by Crippen LogP contribution is -2.53. The van der Waals surface area contributed by atoms with E-state index in [0.717, 1.165) is 4.90 Å². The highest BCUT2D eigenvalue weighted by Gasteiger charge is 2.35. The third-order valence-electron chi connectivity index (χ3n) is 3.71. The molecule has 1 aromatic carbocycles. The van der Waals surface area contributed by atoms with Crippen molar-refractivity contribution in [2.45, 2.75) is 45.8 Å². The van der Waals surface area contributed by atoms with E-state index in [1.165, 1.54) is 0 Å². The summed E-state index contributed by atoms with van der Waals surface area (Å²) in [5.74, 6) is -1.13. The number of hydrogen-bond donors (Lipinski definition) is 1. The van der Waals surface area contributed by atoms with Crippen LogP contribution in [-0.2, 0) is 14.4 Å². The van der Waals surface area contributed by atoms with Crippen LogP contribution in [-0.4, -0.2) is 41.2 Å². The molecule has 1 heterocycles. The van der Waals surface area contributed by atoms with Gasteiger partial charge < -0.3 is 4.74 Å².